The Bertz CT molecular complexity index is 610. The second kappa shape index (κ2) is 7.75. The quantitative estimate of drug-likeness (QED) is 0.825. The van der Waals surface area contributed by atoms with Crippen LogP contribution in [0.3, 0.4) is 0 Å². The van der Waals surface area contributed by atoms with Crippen molar-refractivity contribution in [3.8, 4) is 0 Å². The molecule has 0 spiro atoms. The zero-order valence-electron chi connectivity index (χ0n) is 12.4. The molecule has 0 radical (unpaired) electrons. The molecule has 0 aliphatic carbocycles. The molecular formula is C17H19NO3S. The Morgan fingerprint density at radius 1 is 1.14 bits per heavy atom. The summed E-state index contributed by atoms with van der Waals surface area (Å²) in [7, 11) is 0. The van der Waals surface area contributed by atoms with Crippen LogP contribution in [-0.2, 0) is 22.4 Å². The highest BCUT2D eigenvalue weighted by atomic mass is 32.1. The number of amides is 1. The largest absolute Gasteiger partial charge is 0.480 e. The molecule has 1 aromatic carbocycles. The summed E-state index contributed by atoms with van der Waals surface area (Å²) in [4.78, 5) is 24.7. The van der Waals surface area contributed by atoms with Crippen molar-refractivity contribution in [3.63, 3.8) is 0 Å². The molecule has 0 fully saturated rings. The first kappa shape index (κ1) is 16.2. The van der Waals surface area contributed by atoms with Gasteiger partial charge >= 0.3 is 5.97 Å². The first-order chi connectivity index (χ1) is 10.6. The van der Waals surface area contributed by atoms with E-state index >= 15 is 0 Å². The highest BCUT2D eigenvalue weighted by Gasteiger charge is 2.23. The maximum Gasteiger partial charge on any atom is 0.326 e. The van der Waals surface area contributed by atoms with Crippen molar-refractivity contribution >= 4 is 23.2 Å². The summed E-state index contributed by atoms with van der Waals surface area (Å²) >= 11 is 1.60. The number of benzene rings is 1. The third-order valence-corrected chi connectivity index (χ3v) is 4.33. The van der Waals surface area contributed by atoms with Gasteiger partial charge in [-0.3, -0.25) is 4.79 Å². The molecule has 2 atom stereocenters. The number of carboxylic acids is 1. The van der Waals surface area contributed by atoms with E-state index in [1.165, 1.54) is 0 Å². The van der Waals surface area contributed by atoms with E-state index in [9.17, 15) is 14.7 Å². The van der Waals surface area contributed by atoms with E-state index in [0.29, 0.717) is 6.42 Å². The Kier molecular flexibility index (Phi) is 5.72. The molecule has 1 aromatic heterocycles. The second-order valence-corrected chi connectivity index (χ2v) is 6.31. The lowest BCUT2D eigenvalue weighted by atomic mass is 10.0. The summed E-state index contributed by atoms with van der Waals surface area (Å²) in [6.07, 6.45) is 0.912. The number of nitrogens with one attached hydrogen (secondary N) is 1. The molecule has 22 heavy (non-hydrogen) atoms. The number of carboxylic acid groups (broad SMARTS) is 1. The molecule has 0 saturated carbocycles. The van der Waals surface area contributed by atoms with E-state index in [1.54, 1.807) is 11.3 Å². The second-order valence-electron chi connectivity index (χ2n) is 5.27. The van der Waals surface area contributed by atoms with Gasteiger partial charge in [0, 0.05) is 17.2 Å². The van der Waals surface area contributed by atoms with E-state index in [0.717, 1.165) is 10.4 Å². The fourth-order valence-corrected chi connectivity index (χ4v) is 3.02. The standard InChI is InChI=1S/C17H19NO3S/c1-12(10-14-8-5-9-22-14)16(19)18-15(17(20)21)11-13-6-3-2-4-7-13/h2-9,12,15H,10-11H2,1H3,(H,18,19)(H,20,21)/t12-,15-/m0/s1. The van der Waals surface area contributed by atoms with Crippen molar-refractivity contribution in [2.24, 2.45) is 5.92 Å². The molecule has 2 aromatic rings. The minimum atomic E-state index is -1.01. The molecule has 1 amide bonds. The molecule has 0 aliphatic heterocycles. The summed E-state index contributed by atoms with van der Waals surface area (Å²) in [6, 6.07) is 12.3. The molecule has 2 rings (SSSR count). The van der Waals surface area contributed by atoms with Crippen LogP contribution in [0.1, 0.15) is 17.4 Å². The number of hydrogen-bond donors (Lipinski definition) is 2. The van der Waals surface area contributed by atoms with Crippen molar-refractivity contribution in [1.29, 1.82) is 0 Å². The smallest absolute Gasteiger partial charge is 0.326 e. The maximum absolute atomic E-state index is 12.2. The van der Waals surface area contributed by atoms with Gasteiger partial charge in [-0.15, -0.1) is 11.3 Å². The van der Waals surface area contributed by atoms with Gasteiger partial charge in [-0.2, -0.15) is 0 Å². The normalized spacial score (nSPS) is 13.3. The minimum absolute atomic E-state index is 0.225. The molecule has 5 heteroatoms. The van der Waals surface area contributed by atoms with Gasteiger partial charge in [0.1, 0.15) is 6.04 Å². The third-order valence-electron chi connectivity index (χ3n) is 3.43. The van der Waals surface area contributed by atoms with Crippen LogP contribution in [-0.4, -0.2) is 23.0 Å². The van der Waals surface area contributed by atoms with Gasteiger partial charge in [0.05, 0.1) is 0 Å². The lowest BCUT2D eigenvalue weighted by molar-refractivity contribution is -0.142. The van der Waals surface area contributed by atoms with E-state index in [4.69, 9.17) is 0 Å². The molecule has 0 unspecified atom stereocenters. The summed E-state index contributed by atoms with van der Waals surface area (Å²) < 4.78 is 0. The van der Waals surface area contributed by atoms with Crippen LogP contribution in [0.25, 0.3) is 0 Å². The molecular weight excluding hydrogens is 298 g/mol. The number of hydrogen-bond acceptors (Lipinski definition) is 3. The van der Waals surface area contributed by atoms with Crippen LogP contribution >= 0.6 is 11.3 Å². The highest BCUT2D eigenvalue weighted by Crippen LogP contribution is 2.15. The fourth-order valence-electron chi connectivity index (χ4n) is 2.19. The molecule has 116 valence electrons. The van der Waals surface area contributed by atoms with Crippen molar-refractivity contribution in [2.45, 2.75) is 25.8 Å². The van der Waals surface area contributed by atoms with E-state index in [-0.39, 0.29) is 18.2 Å². The zero-order valence-corrected chi connectivity index (χ0v) is 13.2. The molecule has 0 saturated heterocycles. The number of carbonyl (C=O) groups excluding carboxylic acids is 1. The Hall–Kier alpha value is -2.14. The van der Waals surface area contributed by atoms with Gasteiger partial charge < -0.3 is 10.4 Å². The Labute approximate surface area is 133 Å². The number of carbonyl (C=O) groups is 2. The number of rotatable bonds is 7. The minimum Gasteiger partial charge on any atom is -0.480 e. The SMILES string of the molecule is C[C@@H](Cc1cccs1)C(=O)N[C@@H](Cc1ccccc1)C(=O)O. The lowest BCUT2D eigenvalue weighted by Crippen LogP contribution is -2.44. The average Bonchev–Trinajstić information content (AvgIpc) is 3.00. The summed E-state index contributed by atoms with van der Waals surface area (Å²) in [5.74, 6) is -1.49. The maximum atomic E-state index is 12.2. The van der Waals surface area contributed by atoms with Gasteiger partial charge in [-0.25, -0.2) is 4.79 Å². The van der Waals surface area contributed by atoms with Crippen molar-refractivity contribution in [3.05, 3.63) is 58.3 Å². The molecule has 2 N–H and O–H groups in total. The molecule has 0 bridgehead atoms. The number of aliphatic carboxylic acids is 1. The van der Waals surface area contributed by atoms with Gasteiger partial charge in [0.2, 0.25) is 5.91 Å². The summed E-state index contributed by atoms with van der Waals surface area (Å²) in [6.45, 7) is 1.82. The Morgan fingerprint density at radius 3 is 2.45 bits per heavy atom. The monoisotopic (exact) mass is 317 g/mol. The van der Waals surface area contributed by atoms with Gasteiger partial charge in [-0.05, 0) is 23.4 Å². The Morgan fingerprint density at radius 2 is 1.86 bits per heavy atom. The molecule has 0 aliphatic rings. The van der Waals surface area contributed by atoms with Crippen LogP contribution < -0.4 is 5.32 Å². The van der Waals surface area contributed by atoms with Crippen molar-refractivity contribution < 1.29 is 14.7 Å². The van der Waals surface area contributed by atoms with Crippen LogP contribution in [0.15, 0.2) is 47.8 Å². The first-order valence-corrected chi connectivity index (χ1v) is 8.03. The first-order valence-electron chi connectivity index (χ1n) is 7.15. The van der Waals surface area contributed by atoms with E-state index < -0.39 is 12.0 Å². The van der Waals surface area contributed by atoms with Crippen LogP contribution in [0.5, 0.6) is 0 Å². The molecule has 4 nitrogen and oxygen atoms in total. The lowest BCUT2D eigenvalue weighted by Gasteiger charge is -2.17. The summed E-state index contributed by atoms with van der Waals surface area (Å²) in [5.41, 5.74) is 0.890. The summed E-state index contributed by atoms with van der Waals surface area (Å²) in [5, 5.41) is 13.9. The third kappa shape index (κ3) is 4.70. The molecule has 1 heterocycles. The van der Waals surface area contributed by atoms with Gasteiger partial charge in [0.25, 0.3) is 0 Å². The number of thiophene rings is 1. The van der Waals surface area contributed by atoms with E-state index in [1.807, 2.05) is 54.8 Å². The zero-order chi connectivity index (χ0) is 15.9. The van der Waals surface area contributed by atoms with Crippen molar-refractivity contribution in [2.75, 3.05) is 0 Å². The van der Waals surface area contributed by atoms with Crippen LogP contribution in [0.4, 0.5) is 0 Å². The van der Waals surface area contributed by atoms with Gasteiger partial charge in [-0.1, -0.05) is 43.3 Å². The highest BCUT2D eigenvalue weighted by molar-refractivity contribution is 7.09. The van der Waals surface area contributed by atoms with E-state index in [2.05, 4.69) is 5.32 Å². The van der Waals surface area contributed by atoms with Gasteiger partial charge in [0.15, 0.2) is 0 Å². The van der Waals surface area contributed by atoms with Crippen LogP contribution in [0.2, 0.25) is 0 Å². The van der Waals surface area contributed by atoms with Crippen LogP contribution in [0, 0.1) is 5.92 Å². The fraction of sp³-hybridized carbons (Fsp3) is 0.294. The average molecular weight is 317 g/mol. The predicted octanol–water partition coefficient (Wildman–Crippen LogP) is 2.74. The Balaban J connectivity index is 1.95. The predicted molar refractivity (Wildman–Crippen MR) is 86.9 cm³/mol. The topological polar surface area (TPSA) is 66.4 Å². The van der Waals surface area contributed by atoms with Crippen molar-refractivity contribution in [1.82, 2.24) is 5.32 Å².